The summed E-state index contributed by atoms with van der Waals surface area (Å²) < 4.78 is 28.2. The molecular formula is C42H41BO4. The van der Waals surface area contributed by atoms with Crippen LogP contribution in [0, 0.1) is 11.8 Å². The van der Waals surface area contributed by atoms with Crippen molar-refractivity contribution >= 4 is 7.12 Å². The highest BCUT2D eigenvalue weighted by Gasteiger charge is 2.67. The third-order valence-electron chi connectivity index (χ3n) is 11.0. The second-order valence-corrected chi connectivity index (χ2v) is 13.3. The summed E-state index contributed by atoms with van der Waals surface area (Å²) in [5.74, 6) is 2.17. The number of benzene rings is 5. The minimum atomic E-state index is -0.980. The molecule has 0 amide bonds. The predicted octanol–water partition coefficient (Wildman–Crippen LogP) is 8.63. The second-order valence-electron chi connectivity index (χ2n) is 13.3. The Morgan fingerprint density at radius 1 is 0.489 bits per heavy atom. The summed E-state index contributed by atoms with van der Waals surface area (Å²) in [4.78, 5) is 0. The smallest absolute Gasteiger partial charge is 0.402 e. The first-order valence-electron chi connectivity index (χ1n) is 16.9. The highest BCUT2D eigenvalue weighted by Crippen LogP contribution is 2.67. The minimum absolute atomic E-state index is 0.309. The monoisotopic (exact) mass is 620 g/mol. The highest BCUT2D eigenvalue weighted by molar-refractivity contribution is 6.48. The molecule has 1 aliphatic heterocycles. The van der Waals surface area contributed by atoms with Crippen LogP contribution in [0.2, 0.25) is 5.82 Å². The van der Waals surface area contributed by atoms with Crippen molar-refractivity contribution in [2.45, 2.75) is 48.0 Å². The van der Waals surface area contributed by atoms with Crippen molar-refractivity contribution in [1.29, 1.82) is 0 Å². The van der Waals surface area contributed by atoms with Gasteiger partial charge < -0.3 is 18.8 Å². The van der Waals surface area contributed by atoms with Gasteiger partial charge in [0.1, 0.15) is 23.4 Å². The first kappa shape index (κ1) is 30.3. The van der Waals surface area contributed by atoms with Crippen molar-refractivity contribution in [2.75, 3.05) is 14.2 Å². The zero-order valence-corrected chi connectivity index (χ0v) is 27.0. The second kappa shape index (κ2) is 12.6. The van der Waals surface area contributed by atoms with Crippen LogP contribution in [-0.4, -0.2) is 33.5 Å². The molecule has 47 heavy (non-hydrogen) atoms. The van der Waals surface area contributed by atoms with E-state index < -0.39 is 30.5 Å². The van der Waals surface area contributed by atoms with Crippen molar-refractivity contribution < 1.29 is 18.8 Å². The molecule has 236 valence electrons. The zero-order valence-electron chi connectivity index (χ0n) is 27.0. The first-order valence-corrected chi connectivity index (χ1v) is 16.9. The van der Waals surface area contributed by atoms with Crippen LogP contribution >= 0.6 is 0 Å². The van der Waals surface area contributed by atoms with Crippen molar-refractivity contribution in [2.24, 2.45) is 11.8 Å². The maximum absolute atomic E-state index is 7.34. The molecule has 4 nitrogen and oxygen atoms in total. The van der Waals surface area contributed by atoms with Crippen LogP contribution in [0.4, 0.5) is 0 Å². The van der Waals surface area contributed by atoms with Crippen molar-refractivity contribution in [3.63, 3.8) is 0 Å². The average Bonchev–Trinajstić information content (AvgIpc) is 4.08. The Kier molecular flexibility index (Phi) is 8.11. The number of ether oxygens (including phenoxy) is 2. The van der Waals surface area contributed by atoms with Crippen LogP contribution < -0.4 is 0 Å². The fraction of sp³-hybridized carbons (Fsp3) is 0.286. The van der Waals surface area contributed by atoms with Crippen LogP contribution in [-0.2, 0) is 30.0 Å². The molecule has 3 aliphatic rings. The largest absolute Gasteiger partial charge is 0.461 e. The van der Waals surface area contributed by atoms with Gasteiger partial charge in [0.05, 0.1) is 0 Å². The molecule has 5 aromatic rings. The molecule has 8 rings (SSSR count). The summed E-state index contributed by atoms with van der Waals surface area (Å²) in [5, 5.41) is 0. The molecule has 1 heterocycles. The van der Waals surface area contributed by atoms with Gasteiger partial charge >= 0.3 is 7.12 Å². The summed E-state index contributed by atoms with van der Waals surface area (Å²) in [7, 11) is 3.19. The molecule has 0 unspecified atom stereocenters. The summed E-state index contributed by atoms with van der Waals surface area (Å²) >= 11 is 0. The molecule has 0 bridgehead atoms. The summed E-state index contributed by atoms with van der Waals surface area (Å²) in [6.07, 6.45) is 1.24. The van der Waals surface area contributed by atoms with E-state index in [0.717, 1.165) is 28.7 Å². The van der Waals surface area contributed by atoms with E-state index in [4.69, 9.17) is 18.8 Å². The van der Waals surface area contributed by atoms with Crippen LogP contribution in [0.1, 0.15) is 46.6 Å². The van der Waals surface area contributed by atoms with Gasteiger partial charge in [-0.15, -0.1) is 0 Å². The van der Waals surface area contributed by atoms with E-state index >= 15 is 0 Å². The maximum Gasteiger partial charge on any atom is 0.461 e. The quantitative estimate of drug-likeness (QED) is 0.139. The van der Waals surface area contributed by atoms with Crippen molar-refractivity contribution in [1.82, 2.24) is 0 Å². The lowest BCUT2D eigenvalue weighted by atomic mass is 9.71. The van der Waals surface area contributed by atoms with Gasteiger partial charge in [-0.3, -0.25) is 0 Å². The average molecular weight is 621 g/mol. The predicted molar refractivity (Wildman–Crippen MR) is 186 cm³/mol. The highest BCUT2D eigenvalue weighted by atomic mass is 16.7. The lowest BCUT2D eigenvalue weighted by molar-refractivity contribution is -0.136. The molecule has 0 aromatic heterocycles. The van der Waals surface area contributed by atoms with E-state index in [0.29, 0.717) is 23.6 Å². The first-order chi connectivity index (χ1) is 23.2. The molecule has 5 heteroatoms. The van der Waals surface area contributed by atoms with Gasteiger partial charge in [0.25, 0.3) is 0 Å². The minimum Gasteiger partial charge on any atom is -0.402 e. The molecule has 6 atom stereocenters. The Morgan fingerprint density at radius 3 is 1.21 bits per heavy atom. The van der Waals surface area contributed by atoms with Crippen LogP contribution in [0.25, 0.3) is 0 Å². The van der Waals surface area contributed by atoms with Gasteiger partial charge in [-0.1, -0.05) is 152 Å². The topological polar surface area (TPSA) is 36.9 Å². The molecular weight excluding hydrogens is 579 g/mol. The number of rotatable bonds is 11. The van der Waals surface area contributed by atoms with E-state index in [2.05, 4.69) is 127 Å². The Balaban J connectivity index is 1.26. The molecule has 0 spiro atoms. The third-order valence-corrected chi connectivity index (χ3v) is 11.0. The Bertz CT molecular complexity index is 1570. The molecule has 0 N–H and O–H groups in total. The number of methoxy groups -OCH3 is 2. The van der Waals surface area contributed by atoms with E-state index in [1.807, 2.05) is 24.3 Å². The van der Waals surface area contributed by atoms with E-state index in [-0.39, 0.29) is 0 Å². The number of hydrogen-bond acceptors (Lipinski definition) is 4. The van der Waals surface area contributed by atoms with Gasteiger partial charge in [-0.05, 0) is 64.2 Å². The standard InChI is InChI=1S/C42H41BO4/c1-44-41(31-20-10-4-11-21-31,32-22-12-5-13-23-32)39-40(42(45-2,33-24-14-6-15-25-33)34-26-16-7-17-27-34)47-43(46-39)38-29-37(38)36-28-35(36)30-18-8-3-9-19-30/h3-27,35-40H,28-29H2,1-2H3/t35-,36+,37-,38+,39+,40+/m0/s1. The third kappa shape index (κ3) is 5.17. The zero-order chi connectivity index (χ0) is 31.8. The van der Waals surface area contributed by atoms with Gasteiger partial charge in [0.2, 0.25) is 0 Å². The van der Waals surface area contributed by atoms with Crippen molar-refractivity contribution in [3.05, 3.63) is 179 Å². The molecule has 1 saturated heterocycles. The summed E-state index contributed by atoms with van der Waals surface area (Å²) in [6, 6.07) is 52.8. The van der Waals surface area contributed by atoms with E-state index in [1.54, 1.807) is 14.2 Å². The normalized spacial score (nSPS) is 25.4. The fourth-order valence-corrected chi connectivity index (χ4v) is 8.53. The Labute approximate surface area is 278 Å². The molecule has 2 aliphatic carbocycles. The summed E-state index contributed by atoms with van der Waals surface area (Å²) in [5.41, 5.74) is 3.54. The SMILES string of the molecule is COC(c1ccccc1)(c1ccccc1)[C@@H]1OB([C@@H]2C[C@H]2[C@@H]2C[C@H]2c2ccccc2)O[C@H]1C(OC)(c1ccccc1)c1ccccc1. The molecule has 0 radical (unpaired) electrons. The molecule has 3 fully saturated rings. The lowest BCUT2D eigenvalue weighted by Crippen LogP contribution is -2.56. The Hall–Kier alpha value is -4.00. The van der Waals surface area contributed by atoms with Gasteiger partial charge in [0.15, 0.2) is 0 Å². The summed E-state index contributed by atoms with van der Waals surface area (Å²) in [6.45, 7) is 0. The van der Waals surface area contributed by atoms with E-state index in [9.17, 15) is 0 Å². The molecule has 2 saturated carbocycles. The Morgan fingerprint density at radius 2 is 0.851 bits per heavy atom. The number of hydrogen-bond donors (Lipinski definition) is 0. The maximum atomic E-state index is 7.34. The van der Waals surface area contributed by atoms with Crippen molar-refractivity contribution in [3.8, 4) is 0 Å². The van der Waals surface area contributed by atoms with Crippen LogP contribution in [0.15, 0.2) is 152 Å². The van der Waals surface area contributed by atoms with Crippen LogP contribution in [0.5, 0.6) is 0 Å². The fourth-order valence-electron chi connectivity index (χ4n) is 8.53. The van der Waals surface area contributed by atoms with Gasteiger partial charge in [0, 0.05) is 14.2 Å². The van der Waals surface area contributed by atoms with Gasteiger partial charge in [-0.25, -0.2) is 0 Å². The molecule has 5 aromatic carbocycles. The van der Waals surface area contributed by atoms with Gasteiger partial charge in [-0.2, -0.15) is 0 Å². The van der Waals surface area contributed by atoms with E-state index in [1.165, 1.54) is 12.0 Å². The lowest BCUT2D eigenvalue weighted by Gasteiger charge is -2.47. The van der Waals surface area contributed by atoms with Crippen LogP contribution in [0.3, 0.4) is 0 Å².